The molecule has 0 unspecified atom stereocenters. The fourth-order valence-corrected chi connectivity index (χ4v) is 1.83. The first kappa shape index (κ1) is 9.83. The van der Waals surface area contributed by atoms with E-state index in [1.807, 2.05) is 12.1 Å². The van der Waals surface area contributed by atoms with E-state index < -0.39 is 0 Å². The van der Waals surface area contributed by atoms with Gasteiger partial charge >= 0.3 is 0 Å². The molecule has 0 bridgehead atoms. The average Bonchev–Trinajstić information content (AvgIpc) is 2.27. The number of ether oxygens (including phenoxy) is 2. The molecule has 1 aliphatic heterocycles. The van der Waals surface area contributed by atoms with E-state index >= 15 is 0 Å². The third-order valence-electron chi connectivity index (χ3n) is 2.55. The van der Waals surface area contributed by atoms with Crippen LogP contribution in [0.2, 0.25) is 0 Å². The minimum absolute atomic E-state index is 0.469. The molecule has 0 N–H and O–H groups in total. The summed E-state index contributed by atoms with van der Waals surface area (Å²) in [5, 5.41) is 11.2. The second-order valence-corrected chi connectivity index (χ2v) is 3.39. The average molecular weight is 207 g/mol. The summed E-state index contributed by atoms with van der Waals surface area (Å²) in [6.45, 7) is 0.469. The molecule has 4 nitrogen and oxygen atoms in total. The van der Waals surface area contributed by atoms with Crippen molar-refractivity contribution < 1.29 is 14.2 Å². The number of hydrogen-bond donors (Lipinski definition) is 0. The molecule has 0 saturated carbocycles. The Labute approximate surface area is 88.3 Å². The lowest BCUT2D eigenvalue weighted by Gasteiger charge is -2.17. The summed E-state index contributed by atoms with van der Waals surface area (Å²) in [5.74, 6) is 1.45. The van der Waals surface area contributed by atoms with Crippen LogP contribution >= 0.6 is 0 Å². The van der Waals surface area contributed by atoms with Gasteiger partial charge in [-0.15, -0.1) is 0 Å². The van der Waals surface area contributed by atoms with Gasteiger partial charge in [-0.2, -0.15) is 0 Å². The molecule has 2 rings (SSSR count). The van der Waals surface area contributed by atoms with E-state index in [0.717, 1.165) is 21.6 Å². The summed E-state index contributed by atoms with van der Waals surface area (Å²) in [7, 11) is 3.22. The Morgan fingerprint density at radius 1 is 1.27 bits per heavy atom. The van der Waals surface area contributed by atoms with Crippen LogP contribution in [0.25, 0.3) is 0 Å². The lowest BCUT2D eigenvalue weighted by Crippen LogP contribution is -2.18. The maximum atomic E-state index is 11.2. The van der Waals surface area contributed by atoms with Crippen molar-refractivity contribution in [3.05, 3.63) is 28.5 Å². The van der Waals surface area contributed by atoms with Crippen molar-refractivity contribution >= 4 is 6.21 Å². The molecule has 1 aliphatic rings. The molecule has 0 spiro atoms. The molecular weight excluding hydrogens is 194 g/mol. The number of benzene rings is 1. The smallest absolute Gasteiger partial charge is 0.182 e. The molecule has 0 amide bonds. The summed E-state index contributed by atoms with van der Waals surface area (Å²) >= 11 is 0. The Morgan fingerprint density at radius 3 is 2.73 bits per heavy atom. The van der Waals surface area contributed by atoms with Crippen LogP contribution in [-0.4, -0.2) is 31.7 Å². The number of nitrogens with zero attached hydrogens (tertiary/aromatic N) is 1. The first-order valence-electron chi connectivity index (χ1n) is 4.78. The summed E-state index contributed by atoms with van der Waals surface area (Å²) in [6.07, 6.45) is 2.27. The number of fused-ring (bicyclic) bond motifs is 1. The van der Waals surface area contributed by atoms with Gasteiger partial charge in [0.15, 0.2) is 24.3 Å². The van der Waals surface area contributed by atoms with Crippen molar-refractivity contribution in [2.24, 2.45) is 0 Å². The van der Waals surface area contributed by atoms with E-state index in [1.165, 1.54) is 0 Å². The molecule has 1 aromatic carbocycles. The first-order valence-corrected chi connectivity index (χ1v) is 4.78. The largest absolute Gasteiger partial charge is 0.624 e. The van der Waals surface area contributed by atoms with Crippen LogP contribution in [0.15, 0.2) is 12.1 Å². The summed E-state index contributed by atoms with van der Waals surface area (Å²) in [5.41, 5.74) is 1.96. The number of hydrogen-bond acceptors (Lipinski definition) is 3. The maximum Gasteiger partial charge on any atom is 0.182 e. The number of rotatable bonds is 2. The SMILES string of the molecule is COc1ccc2c(c1OC)CC[N+]([O-])=C2. The van der Waals surface area contributed by atoms with Crippen molar-refractivity contribution in [1.82, 2.24) is 0 Å². The quantitative estimate of drug-likeness (QED) is 0.540. The van der Waals surface area contributed by atoms with Gasteiger partial charge in [0.25, 0.3) is 0 Å². The number of hydroxylamine groups is 1. The molecule has 0 radical (unpaired) electrons. The molecule has 0 atom stereocenters. The second kappa shape index (κ2) is 3.81. The molecule has 1 heterocycles. The summed E-state index contributed by atoms with van der Waals surface area (Å²) < 4.78 is 11.4. The van der Waals surface area contributed by atoms with Crippen LogP contribution in [-0.2, 0) is 6.42 Å². The molecule has 0 fully saturated rings. The standard InChI is InChI=1S/C11H13NO3/c1-14-10-4-3-8-7-12(13)6-5-9(8)11(10)15-2/h3-4,7H,5-6H2,1-2H3. The van der Waals surface area contributed by atoms with Gasteiger partial charge in [-0.3, -0.25) is 0 Å². The normalized spacial score (nSPS) is 14.1. The highest BCUT2D eigenvalue weighted by atomic mass is 16.5. The zero-order chi connectivity index (χ0) is 10.8. The number of methoxy groups -OCH3 is 2. The highest BCUT2D eigenvalue weighted by molar-refractivity contribution is 5.81. The van der Waals surface area contributed by atoms with Crippen molar-refractivity contribution in [3.63, 3.8) is 0 Å². The summed E-state index contributed by atoms with van der Waals surface area (Å²) in [6, 6.07) is 3.69. The lowest BCUT2D eigenvalue weighted by molar-refractivity contribution is -0.453. The van der Waals surface area contributed by atoms with Crippen LogP contribution in [0.4, 0.5) is 0 Å². The van der Waals surface area contributed by atoms with Gasteiger partial charge in [-0.25, -0.2) is 4.74 Å². The van der Waals surface area contributed by atoms with Crippen molar-refractivity contribution in [2.45, 2.75) is 6.42 Å². The van der Waals surface area contributed by atoms with Crippen molar-refractivity contribution in [1.29, 1.82) is 0 Å². The predicted octanol–water partition coefficient (Wildman–Crippen LogP) is 1.19. The topological polar surface area (TPSA) is 44.5 Å². The van der Waals surface area contributed by atoms with E-state index in [9.17, 15) is 5.21 Å². The van der Waals surface area contributed by atoms with E-state index in [4.69, 9.17) is 9.47 Å². The molecule has 4 heteroatoms. The lowest BCUT2D eigenvalue weighted by atomic mass is 10.0. The van der Waals surface area contributed by atoms with Gasteiger partial charge in [0, 0.05) is 17.5 Å². The zero-order valence-corrected chi connectivity index (χ0v) is 8.82. The third-order valence-corrected chi connectivity index (χ3v) is 2.55. The molecule has 0 aromatic heterocycles. The molecular formula is C11H13NO3. The van der Waals surface area contributed by atoms with Gasteiger partial charge in [-0.1, -0.05) is 0 Å². The van der Waals surface area contributed by atoms with Gasteiger partial charge in [0.05, 0.1) is 14.2 Å². The van der Waals surface area contributed by atoms with Gasteiger partial charge < -0.3 is 14.7 Å². The van der Waals surface area contributed by atoms with E-state index in [2.05, 4.69) is 0 Å². The van der Waals surface area contributed by atoms with E-state index in [0.29, 0.717) is 18.7 Å². The third kappa shape index (κ3) is 1.63. The first-order chi connectivity index (χ1) is 7.26. The Morgan fingerprint density at radius 2 is 2.07 bits per heavy atom. The predicted molar refractivity (Wildman–Crippen MR) is 56.9 cm³/mol. The van der Waals surface area contributed by atoms with E-state index in [-0.39, 0.29) is 0 Å². The van der Waals surface area contributed by atoms with Gasteiger partial charge in [-0.05, 0) is 12.1 Å². The molecule has 0 aliphatic carbocycles. The van der Waals surface area contributed by atoms with Crippen molar-refractivity contribution in [3.8, 4) is 11.5 Å². The summed E-state index contributed by atoms with van der Waals surface area (Å²) in [4.78, 5) is 0. The molecule has 1 aromatic rings. The fourth-order valence-electron chi connectivity index (χ4n) is 1.83. The zero-order valence-electron chi connectivity index (χ0n) is 8.82. The maximum absolute atomic E-state index is 11.2. The van der Waals surface area contributed by atoms with Gasteiger partial charge in [0.1, 0.15) is 0 Å². The molecule has 15 heavy (non-hydrogen) atoms. The van der Waals surface area contributed by atoms with Gasteiger partial charge in [0.2, 0.25) is 0 Å². The van der Waals surface area contributed by atoms with Crippen LogP contribution in [0.5, 0.6) is 11.5 Å². The highest BCUT2D eigenvalue weighted by Crippen LogP contribution is 2.34. The monoisotopic (exact) mass is 207 g/mol. The Hall–Kier alpha value is -1.71. The fraction of sp³-hybridized carbons (Fsp3) is 0.364. The van der Waals surface area contributed by atoms with Crippen LogP contribution in [0, 0.1) is 5.21 Å². The second-order valence-electron chi connectivity index (χ2n) is 3.39. The molecule has 80 valence electrons. The van der Waals surface area contributed by atoms with E-state index in [1.54, 1.807) is 20.4 Å². The van der Waals surface area contributed by atoms with Crippen molar-refractivity contribution in [2.75, 3.05) is 20.8 Å². The van der Waals surface area contributed by atoms with Crippen LogP contribution in [0.3, 0.4) is 0 Å². The minimum Gasteiger partial charge on any atom is -0.624 e. The van der Waals surface area contributed by atoms with Crippen LogP contribution in [0.1, 0.15) is 11.1 Å². The Balaban J connectivity index is 2.56. The van der Waals surface area contributed by atoms with Crippen LogP contribution < -0.4 is 9.47 Å². The highest BCUT2D eigenvalue weighted by Gasteiger charge is 2.19. The minimum atomic E-state index is 0.469. The Kier molecular flexibility index (Phi) is 2.49. The Bertz CT molecular complexity index is 413. The molecule has 0 saturated heterocycles.